The van der Waals surface area contributed by atoms with Crippen molar-refractivity contribution < 1.29 is 4.92 Å². The van der Waals surface area contributed by atoms with E-state index in [1.54, 1.807) is 14.0 Å². The largest absolute Gasteiger partial charge is 0.361 e. The molecule has 7 heteroatoms. The van der Waals surface area contributed by atoms with E-state index in [0.717, 1.165) is 19.3 Å². The Kier molecular flexibility index (Phi) is 4.59. The van der Waals surface area contributed by atoms with E-state index in [1.807, 2.05) is 0 Å². The highest BCUT2D eigenvalue weighted by atomic mass is 16.6. The molecule has 0 bridgehead atoms. The Morgan fingerprint density at radius 1 is 1.24 bits per heavy atom. The summed E-state index contributed by atoms with van der Waals surface area (Å²) >= 11 is 0. The molecule has 7 nitrogen and oxygen atoms in total. The van der Waals surface area contributed by atoms with Gasteiger partial charge in [-0.25, -0.2) is 4.98 Å². The van der Waals surface area contributed by atoms with E-state index in [4.69, 9.17) is 0 Å². The van der Waals surface area contributed by atoms with E-state index < -0.39 is 4.92 Å². The van der Waals surface area contributed by atoms with Crippen molar-refractivity contribution in [3.8, 4) is 0 Å². The second kappa shape index (κ2) is 6.24. The lowest BCUT2D eigenvalue weighted by atomic mass is 9.79. The van der Waals surface area contributed by atoms with E-state index in [9.17, 15) is 10.1 Å². The standard InChI is InChI=1S/C14H23N5O2/c1-8-5-6-11(7-9(8)2)17-13-12(19(20)21)10(3)16-14(15-4)18-13/h8-9,11H,5-7H2,1-4H3,(H2,15,16,17,18). The van der Waals surface area contributed by atoms with Crippen molar-refractivity contribution >= 4 is 17.5 Å². The molecule has 2 rings (SSSR count). The summed E-state index contributed by atoms with van der Waals surface area (Å²) in [7, 11) is 1.70. The van der Waals surface area contributed by atoms with Crippen LogP contribution in [0.25, 0.3) is 0 Å². The highest BCUT2D eigenvalue weighted by Crippen LogP contribution is 2.33. The molecule has 3 atom stereocenters. The summed E-state index contributed by atoms with van der Waals surface area (Å²) in [5, 5.41) is 17.4. The number of nitrogens with zero attached hydrogens (tertiary/aromatic N) is 3. The minimum absolute atomic E-state index is 0.0275. The number of nitro groups is 1. The highest BCUT2D eigenvalue weighted by molar-refractivity contribution is 5.61. The molecule has 0 saturated heterocycles. The molecule has 2 N–H and O–H groups in total. The average Bonchev–Trinajstić information content (AvgIpc) is 2.41. The van der Waals surface area contributed by atoms with Crippen LogP contribution in [0.3, 0.4) is 0 Å². The molecule has 1 aliphatic carbocycles. The van der Waals surface area contributed by atoms with Gasteiger partial charge in [0, 0.05) is 13.1 Å². The maximum atomic E-state index is 11.3. The third kappa shape index (κ3) is 3.40. The Bertz CT molecular complexity index is 534. The van der Waals surface area contributed by atoms with Gasteiger partial charge in [0.25, 0.3) is 0 Å². The van der Waals surface area contributed by atoms with Crippen LogP contribution in [0.5, 0.6) is 0 Å². The first kappa shape index (κ1) is 15.5. The Morgan fingerprint density at radius 3 is 2.52 bits per heavy atom. The quantitative estimate of drug-likeness (QED) is 0.655. The zero-order valence-electron chi connectivity index (χ0n) is 13.0. The van der Waals surface area contributed by atoms with Crippen molar-refractivity contribution in [3.63, 3.8) is 0 Å². The Morgan fingerprint density at radius 2 is 1.95 bits per heavy atom. The summed E-state index contributed by atoms with van der Waals surface area (Å²) in [6.07, 6.45) is 3.16. The van der Waals surface area contributed by atoms with E-state index in [0.29, 0.717) is 29.3 Å². The summed E-state index contributed by atoms with van der Waals surface area (Å²) in [6, 6.07) is 0.230. The lowest BCUT2D eigenvalue weighted by Crippen LogP contribution is -2.31. The topological polar surface area (TPSA) is 93.0 Å². The van der Waals surface area contributed by atoms with Crippen molar-refractivity contribution in [2.24, 2.45) is 11.8 Å². The van der Waals surface area contributed by atoms with Gasteiger partial charge >= 0.3 is 5.69 Å². The monoisotopic (exact) mass is 293 g/mol. The molecule has 1 heterocycles. The molecule has 116 valence electrons. The third-order valence-corrected chi connectivity index (χ3v) is 4.40. The number of aromatic nitrogens is 2. The lowest BCUT2D eigenvalue weighted by molar-refractivity contribution is -0.385. The van der Waals surface area contributed by atoms with Crippen LogP contribution in [0.4, 0.5) is 17.5 Å². The van der Waals surface area contributed by atoms with Gasteiger partial charge in [-0.1, -0.05) is 13.8 Å². The maximum Gasteiger partial charge on any atom is 0.332 e. The second-order valence-electron chi connectivity index (χ2n) is 5.95. The van der Waals surface area contributed by atoms with E-state index in [1.165, 1.54) is 0 Å². The lowest BCUT2D eigenvalue weighted by Gasteiger charge is -2.32. The van der Waals surface area contributed by atoms with Crippen molar-refractivity contribution in [1.29, 1.82) is 0 Å². The van der Waals surface area contributed by atoms with Gasteiger partial charge in [-0.2, -0.15) is 4.98 Å². The van der Waals surface area contributed by atoms with Crippen LogP contribution in [0.15, 0.2) is 0 Å². The SMILES string of the molecule is CNc1nc(C)c([N+](=O)[O-])c(NC2CCC(C)C(C)C2)n1. The molecule has 0 radical (unpaired) electrons. The number of aryl methyl sites for hydroxylation is 1. The molecule has 1 aromatic heterocycles. The summed E-state index contributed by atoms with van der Waals surface area (Å²) < 4.78 is 0. The van der Waals surface area contributed by atoms with Gasteiger partial charge in [0.05, 0.1) is 4.92 Å². The molecule has 1 aromatic rings. The van der Waals surface area contributed by atoms with Gasteiger partial charge in [-0.05, 0) is 38.0 Å². The Balaban J connectivity index is 2.26. The summed E-state index contributed by atoms with van der Waals surface area (Å²) in [6.45, 7) is 6.13. The highest BCUT2D eigenvalue weighted by Gasteiger charge is 2.28. The Hall–Kier alpha value is -1.92. The van der Waals surface area contributed by atoms with Gasteiger partial charge in [-0.15, -0.1) is 0 Å². The predicted molar refractivity (Wildman–Crippen MR) is 82.6 cm³/mol. The predicted octanol–water partition coefficient (Wildman–Crippen LogP) is 2.97. The van der Waals surface area contributed by atoms with E-state index in [2.05, 4.69) is 34.4 Å². The zero-order chi connectivity index (χ0) is 15.6. The minimum Gasteiger partial charge on any atom is -0.361 e. The van der Waals surface area contributed by atoms with Gasteiger partial charge in [0.1, 0.15) is 5.69 Å². The van der Waals surface area contributed by atoms with Crippen LogP contribution >= 0.6 is 0 Å². The van der Waals surface area contributed by atoms with Crippen LogP contribution < -0.4 is 10.6 Å². The number of rotatable bonds is 4. The minimum atomic E-state index is -0.411. The second-order valence-corrected chi connectivity index (χ2v) is 5.95. The average molecular weight is 293 g/mol. The van der Waals surface area contributed by atoms with Crippen LogP contribution in [0.1, 0.15) is 38.8 Å². The maximum absolute atomic E-state index is 11.3. The van der Waals surface area contributed by atoms with Gasteiger partial charge in [0.15, 0.2) is 0 Å². The molecule has 0 aromatic carbocycles. The van der Waals surface area contributed by atoms with Crippen LogP contribution in [-0.2, 0) is 0 Å². The van der Waals surface area contributed by atoms with Crippen molar-refractivity contribution in [3.05, 3.63) is 15.8 Å². The van der Waals surface area contributed by atoms with Gasteiger partial charge < -0.3 is 10.6 Å². The van der Waals surface area contributed by atoms with Gasteiger partial charge in [-0.3, -0.25) is 10.1 Å². The fraction of sp³-hybridized carbons (Fsp3) is 0.714. The molecule has 1 aliphatic rings. The fourth-order valence-corrected chi connectivity index (χ4v) is 2.87. The summed E-state index contributed by atoms with van der Waals surface area (Å²) in [4.78, 5) is 19.2. The molecule has 1 saturated carbocycles. The number of hydrogen-bond acceptors (Lipinski definition) is 6. The molecule has 1 fully saturated rings. The van der Waals surface area contributed by atoms with Crippen molar-refractivity contribution in [2.45, 2.75) is 46.1 Å². The molecule has 3 unspecified atom stereocenters. The van der Waals surface area contributed by atoms with E-state index >= 15 is 0 Å². The van der Waals surface area contributed by atoms with Crippen LogP contribution in [-0.4, -0.2) is 28.0 Å². The number of anilines is 2. The van der Waals surface area contributed by atoms with Gasteiger partial charge in [0.2, 0.25) is 11.8 Å². The zero-order valence-corrected chi connectivity index (χ0v) is 13.0. The van der Waals surface area contributed by atoms with Crippen molar-refractivity contribution in [2.75, 3.05) is 17.7 Å². The molecule has 0 aliphatic heterocycles. The molecule has 21 heavy (non-hydrogen) atoms. The van der Waals surface area contributed by atoms with Crippen molar-refractivity contribution in [1.82, 2.24) is 9.97 Å². The van der Waals surface area contributed by atoms with Crippen LogP contribution in [0, 0.1) is 28.9 Å². The number of nitrogens with one attached hydrogen (secondary N) is 2. The fourth-order valence-electron chi connectivity index (χ4n) is 2.87. The molecule has 0 spiro atoms. The summed E-state index contributed by atoms with van der Waals surface area (Å²) in [5.41, 5.74) is 0.347. The first-order chi connectivity index (χ1) is 9.92. The molecular formula is C14H23N5O2. The molecular weight excluding hydrogens is 270 g/mol. The first-order valence-electron chi connectivity index (χ1n) is 7.39. The summed E-state index contributed by atoms with van der Waals surface area (Å²) in [5.74, 6) is 2.04. The Labute approximate surface area is 124 Å². The first-order valence-corrected chi connectivity index (χ1v) is 7.39. The van der Waals surface area contributed by atoms with Crippen LogP contribution in [0.2, 0.25) is 0 Å². The van der Waals surface area contributed by atoms with E-state index in [-0.39, 0.29) is 11.7 Å². The molecule has 0 amide bonds. The third-order valence-electron chi connectivity index (χ3n) is 4.40. The smallest absolute Gasteiger partial charge is 0.332 e. The number of hydrogen-bond donors (Lipinski definition) is 2. The normalized spacial score (nSPS) is 25.4.